The number of hydrogen-bond acceptors (Lipinski definition) is 6. The Labute approximate surface area is 194 Å². The molecule has 0 aliphatic heterocycles. The number of hydrogen-bond donors (Lipinski definition) is 3. The van der Waals surface area contributed by atoms with E-state index in [4.69, 9.17) is 10.3 Å². The Hall–Kier alpha value is -3.40. The molecule has 4 N–H and O–H groups in total. The molecule has 1 aliphatic carbocycles. The van der Waals surface area contributed by atoms with Crippen molar-refractivity contribution in [1.82, 2.24) is 20.1 Å². The van der Waals surface area contributed by atoms with Gasteiger partial charge in [0.2, 0.25) is 5.95 Å². The predicted octanol–water partition coefficient (Wildman–Crippen LogP) is 5.60. The fraction of sp³-hybridized carbons (Fsp3) is 0.375. The average molecular weight is 470 g/mol. The van der Waals surface area contributed by atoms with Crippen LogP contribution in [-0.2, 0) is 6.18 Å². The predicted molar refractivity (Wildman–Crippen MR) is 123 cm³/mol. The number of H-pyrrole nitrogens is 1. The second kappa shape index (κ2) is 8.43. The molecule has 0 amide bonds. The number of alkyl halides is 3. The number of aryl methyl sites for hydroxylation is 2. The van der Waals surface area contributed by atoms with Gasteiger partial charge in [-0.3, -0.25) is 0 Å². The number of aromatic amines is 1. The van der Waals surface area contributed by atoms with Crippen LogP contribution in [0.3, 0.4) is 0 Å². The minimum Gasteiger partial charge on any atom is -0.361 e. The maximum Gasteiger partial charge on any atom is 0.419 e. The number of anilines is 1. The summed E-state index contributed by atoms with van der Waals surface area (Å²) in [6.07, 6.45) is 1.33. The van der Waals surface area contributed by atoms with Crippen molar-refractivity contribution >= 4 is 16.9 Å². The van der Waals surface area contributed by atoms with Crippen molar-refractivity contribution in [1.29, 1.82) is 0 Å². The lowest BCUT2D eigenvalue weighted by Crippen LogP contribution is -2.35. The van der Waals surface area contributed by atoms with Crippen molar-refractivity contribution in [2.24, 2.45) is 5.73 Å². The van der Waals surface area contributed by atoms with Gasteiger partial charge in [0.1, 0.15) is 11.3 Å². The summed E-state index contributed by atoms with van der Waals surface area (Å²) in [6, 6.07) is 5.62. The second-order valence-corrected chi connectivity index (χ2v) is 8.88. The molecular weight excluding hydrogens is 445 g/mol. The molecule has 0 bridgehead atoms. The molecular formula is C24H25F3N6O. The Morgan fingerprint density at radius 3 is 2.74 bits per heavy atom. The summed E-state index contributed by atoms with van der Waals surface area (Å²) in [4.78, 5) is 11.4. The first kappa shape index (κ1) is 22.4. The monoisotopic (exact) mass is 470 g/mol. The Balaban J connectivity index is 1.56. The van der Waals surface area contributed by atoms with Crippen molar-refractivity contribution in [2.45, 2.75) is 57.8 Å². The molecule has 10 heteroatoms. The highest BCUT2D eigenvalue weighted by molar-refractivity contribution is 5.97. The minimum atomic E-state index is -4.60. The van der Waals surface area contributed by atoms with Crippen LogP contribution >= 0.6 is 0 Å². The number of nitrogens with one attached hydrogen (secondary N) is 2. The van der Waals surface area contributed by atoms with Crippen LogP contribution in [0.5, 0.6) is 0 Å². The summed E-state index contributed by atoms with van der Waals surface area (Å²) in [5, 5.41) is 7.80. The van der Waals surface area contributed by atoms with Crippen molar-refractivity contribution in [2.75, 3.05) is 5.32 Å². The molecule has 34 heavy (non-hydrogen) atoms. The third kappa shape index (κ3) is 4.13. The first-order chi connectivity index (χ1) is 16.2. The van der Waals surface area contributed by atoms with Crippen LogP contribution in [-0.4, -0.2) is 32.2 Å². The number of halogens is 3. The van der Waals surface area contributed by atoms with Gasteiger partial charge in [-0.1, -0.05) is 17.3 Å². The molecule has 3 aromatic heterocycles. The van der Waals surface area contributed by atoms with Crippen molar-refractivity contribution in [3.05, 3.63) is 47.6 Å². The molecule has 2 atom stereocenters. The van der Waals surface area contributed by atoms with E-state index in [9.17, 15) is 13.2 Å². The molecule has 1 saturated carbocycles. The molecule has 7 nitrogen and oxygen atoms in total. The largest absolute Gasteiger partial charge is 0.419 e. The quantitative estimate of drug-likeness (QED) is 0.359. The molecule has 0 spiro atoms. The molecule has 1 aliphatic rings. The summed E-state index contributed by atoms with van der Waals surface area (Å²) in [5.41, 5.74) is 8.54. The van der Waals surface area contributed by atoms with Gasteiger partial charge in [0.25, 0.3) is 0 Å². The molecule has 1 fully saturated rings. The fourth-order valence-corrected chi connectivity index (χ4v) is 4.78. The molecule has 1 aromatic carbocycles. The lowest BCUT2D eigenvalue weighted by molar-refractivity contribution is -0.137. The molecule has 5 rings (SSSR count). The van der Waals surface area contributed by atoms with E-state index in [2.05, 4.69) is 25.4 Å². The summed E-state index contributed by atoms with van der Waals surface area (Å²) in [6.45, 7) is 3.67. The summed E-state index contributed by atoms with van der Waals surface area (Å²) >= 11 is 0. The fourth-order valence-electron chi connectivity index (χ4n) is 4.78. The molecule has 0 saturated heterocycles. The number of aromatic nitrogens is 4. The van der Waals surface area contributed by atoms with Gasteiger partial charge in [0, 0.05) is 46.5 Å². The summed E-state index contributed by atoms with van der Waals surface area (Å²) < 4.78 is 46.9. The van der Waals surface area contributed by atoms with Crippen LogP contribution in [0.15, 0.2) is 35.1 Å². The normalized spacial score (nSPS) is 19.0. The summed E-state index contributed by atoms with van der Waals surface area (Å²) in [5.74, 6) is 0.848. The SMILES string of the molecule is Cc1noc(C)c1-c1ccc2c(-c3nc(N[C@H]4CCC[C@H](N)C4)ncc3C(F)(F)F)c[nH]c2c1. The van der Waals surface area contributed by atoms with E-state index < -0.39 is 11.7 Å². The highest BCUT2D eigenvalue weighted by Gasteiger charge is 2.36. The summed E-state index contributed by atoms with van der Waals surface area (Å²) in [7, 11) is 0. The Kier molecular flexibility index (Phi) is 5.55. The number of benzene rings is 1. The van der Waals surface area contributed by atoms with Gasteiger partial charge < -0.3 is 20.6 Å². The zero-order valence-electron chi connectivity index (χ0n) is 18.8. The van der Waals surface area contributed by atoms with Gasteiger partial charge in [0.15, 0.2) is 0 Å². The smallest absolute Gasteiger partial charge is 0.361 e. The Morgan fingerprint density at radius 2 is 2.03 bits per heavy atom. The van der Waals surface area contributed by atoms with Crippen LogP contribution in [0.4, 0.5) is 19.1 Å². The zero-order chi connectivity index (χ0) is 24.0. The third-order valence-electron chi connectivity index (χ3n) is 6.40. The third-order valence-corrected chi connectivity index (χ3v) is 6.40. The molecule has 0 unspecified atom stereocenters. The standard InChI is InChI=1S/C24H25F3N6O/c1-12-21(13(2)34-33-12)14-6-7-17-18(10-29-20(17)8-14)22-19(24(25,26)27)11-30-23(32-22)31-16-5-3-4-15(28)9-16/h6-8,10-11,15-16,29H,3-5,9,28H2,1-2H3,(H,30,31,32)/t15-,16-/m0/s1. The molecule has 0 radical (unpaired) electrons. The van der Waals surface area contributed by atoms with Crippen molar-refractivity contribution < 1.29 is 17.7 Å². The van der Waals surface area contributed by atoms with Gasteiger partial charge in [-0.05, 0) is 51.2 Å². The van der Waals surface area contributed by atoms with E-state index in [0.717, 1.165) is 48.7 Å². The number of nitrogens with two attached hydrogens (primary N) is 1. The lowest BCUT2D eigenvalue weighted by Gasteiger charge is -2.27. The molecule has 4 aromatic rings. The van der Waals surface area contributed by atoms with E-state index in [1.54, 1.807) is 12.3 Å². The number of nitrogens with zero attached hydrogens (tertiary/aromatic N) is 3. The zero-order valence-corrected chi connectivity index (χ0v) is 18.8. The van der Waals surface area contributed by atoms with Gasteiger partial charge >= 0.3 is 6.18 Å². The van der Waals surface area contributed by atoms with E-state index in [1.807, 2.05) is 26.0 Å². The Bertz CT molecular complexity index is 1320. The van der Waals surface area contributed by atoms with Crippen LogP contribution in [0, 0.1) is 13.8 Å². The van der Waals surface area contributed by atoms with Crippen LogP contribution < -0.4 is 11.1 Å². The average Bonchev–Trinajstić information content (AvgIpc) is 3.35. The highest BCUT2D eigenvalue weighted by Crippen LogP contribution is 2.40. The van der Waals surface area contributed by atoms with E-state index in [0.29, 0.717) is 22.2 Å². The van der Waals surface area contributed by atoms with Crippen molar-refractivity contribution in [3.8, 4) is 22.4 Å². The van der Waals surface area contributed by atoms with Crippen LogP contribution in [0.2, 0.25) is 0 Å². The first-order valence-electron chi connectivity index (χ1n) is 11.2. The van der Waals surface area contributed by atoms with E-state index >= 15 is 0 Å². The van der Waals surface area contributed by atoms with Crippen LogP contribution in [0.1, 0.15) is 42.7 Å². The minimum absolute atomic E-state index is 0.0360. The van der Waals surface area contributed by atoms with E-state index in [1.165, 1.54) is 0 Å². The van der Waals surface area contributed by atoms with Gasteiger partial charge in [-0.15, -0.1) is 0 Å². The molecule has 3 heterocycles. The molecule has 178 valence electrons. The lowest BCUT2D eigenvalue weighted by atomic mass is 9.92. The topological polar surface area (TPSA) is 106 Å². The van der Waals surface area contributed by atoms with Gasteiger partial charge in [0.05, 0.1) is 11.4 Å². The van der Waals surface area contributed by atoms with Gasteiger partial charge in [-0.25, -0.2) is 9.97 Å². The number of rotatable bonds is 4. The Morgan fingerprint density at radius 1 is 1.21 bits per heavy atom. The highest BCUT2D eigenvalue weighted by atomic mass is 19.4. The van der Waals surface area contributed by atoms with Crippen LogP contribution in [0.25, 0.3) is 33.3 Å². The van der Waals surface area contributed by atoms with Gasteiger partial charge in [-0.2, -0.15) is 13.2 Å². The maximum atomic E-state index is 13.9. The first-order valence-corrected chi connectivity index (χ1v) is 11.2. The number of fused-ring (bicyclic) bond motifs is 1. The second-order valence-electron chi connectivity index (χ2n) is 8.88. The van der Waals surface area contributed by atoms with E-state index in [-0.39, 0.29) is 23.7 Å². The van der Waals surface area contributed by atoms with Crippen molar-refractivity contribution in [3.63, 3.8) is 0 Å². The maximum absolute atomic E-state index is 13.9.